The predicted octanol–water partition coefficient (Wildman–Crippen LogP) is 2.63. The van der Waals surface area contributed by atoms with Gasteiger partial charge in [0.2, 0.25) is 0 Å². The second-order valence-corrected chi connectivity index (χ2v) is 6.57. The molecule has 0 fully saturated rings. The topological polar surface area (TPSA) is 91.0 Å². The van der Waals surface area contributed by atoms with E-state index in [0.717, 1.165) is 17.0 Å². The molecule has 8 nitrogen and oxygen atoms in total. The van der Waals surface area contributed by atoms with Gasteiger partial charge >= 0.3 is 5.97 Å². The molecule has 3 rings (SSSR count). The third kappa shape index (κ3) is 3.53. The molecule has 0 saturated carbocycles. The number of hydrogen-bond acceptors (Lipinski definition) is 5. The maximum atomic E-state index is 12.6. The van der Waals surface area contributed by atoms with Gasteiger partial charge < -0.3 is 10.1 Å². The summed E-state index contributed by atoms with van der Waals surface area (Å²) in [5.41, 5.74) is 4.74. The molecule has 0 aliphatic carbocycles. The Bertz CT molecular complexity index is 1050. The molecule has 2 heterocycles. The fourth-order valence-electron chi connectivity index (χ4n) is 3.06. The third-order valence-electron chi connectivity index (χ3n) is 4.84. The maximum absolute atomic E-state index is 12.6. The van der Waals surface area contributed by atoms with Gasteiger partial charge in [0, 0.05) is 12.7 Å². The van der Waals surface area contributed by atoms with E-state index in [9.17, 15) is 9.59 Å². The number of benzene rings is 1. The number of nitrogens with zero attached hydrogens (tertiary/aromatic N) is 4. The molecule has 0 bridgehead atoms. The van der Waals surface area contributed by atoms with E-state index in [1.807, 2.05) is 32.9 Å². The first kappa shape index (κ1) is 19.3. The van der Waals surface area contributed by atoms with E-state index in [2.05, 4.69) is 15.5 Å². The summed E-state index contributed by atoms with van der Waals surface area (Å²) in [5, 5.41) is 11.6. The van der Waals surface area contributed by atoms with Gasteiger partial charge in [-0.25, -0.2) is 4.79 Å². The molecule has 1 amide bonds. The normalized spacial score (nSPS) is 10.8. The minimum Gasteiger partial charge on any atom is -0.465 e. The fraction of sp³-hybridized carbons (Fsp3) is 0.300. The van der Waals surface area contributed by atoms with Crippen LogP contribution in [-0.4, -0.2) is 38.5 Å². The lowest BCUT2D eigenvalue weighted by Crippen LogP contribution is -2.14. The number of hydrogen-bond donors (Lipinski definition) is 1. The van der Waals surface area contributed by atoms with Gasteiger partial charge in [0.05, 0.1) is 48.1 Å². The highest BCUT2D eigenvalue weighted by Crippen LogP contribution is 2.23. The van der Waals surface area contributed by atoms with Gasteiger partial charge in [-0.2, -0.15) is 10.2 Å². The molecule has 1 aromatic carbocycles. The van der Waals surface area contributed by atoms with Gasteiger partial charge in [0.25, 0.3) is 5.91 Å². The molecule has 0 aliphatic rings. The molecule has 28 heavy (non-hydrogen) atoms. The highest BCUT2D eigenvalue weighted by molar-refractivity contribution is 6.05. The fourth-order valence-corrected chi connectivity index (χ4v) is 3.06. The minimum absolute atomic E-state index is 0.230. The molecule has 0 radical (unpaired) electrons. The molecule has 0 unspecified atom stereocenters. The van der Waals surface area contributed by atoms with E-state index in [0.29, 0.717) is 29.1 Å². The molecule has 3 aromatic rings. The summed E-state index contributed by atoms with van der Waals surface area (Å²) in [7, 11) is 3.15. The van der Waals surface area contributed by atoms with Gasteiger partial charge in [0.15, 0.2) is 0 Å². The molecule has 0 saturated heterocycles. The lowest BCUT2D eigenvalue weighted by atomic mass is 10.1. The predicted molar refractivity (Wildman–Crippen MR) is 104 cm³/mol. The monoisotopic (exact) mass is 381 g/mol. The first-order chi connectivity index (χ1) is 13.3. The number of ether oxygens (including phenoxy) is 1. The summed E-state index contributed by atoms with van der Waals surface area (Å²) in [6.45, 7) is 5.95. The Kier molecular flexibility index (Phi) is 5.30. The molecule has 8 heteroatoms. The second-order valence-electron chi connectivity index (χ2n) is 6.57. The van der Waals surface area contributed by atoms with E-state index >= 15 is 0 Å². The summed E-state index contributed by atoms with van der Waals surface area (Å²) in [4.78, 5) is 24.6. The highest BCUT2D eigenvalue weighted by atomic mass is 16.5. The van der Waals surface area contributed by atoms with Crippen molar-refractivity contribution >= 4 is 17.6 Å². The van der Waals surface area contributed by atoms with Crippen molar-refractivity contribution in [1.82, 2.24) is 19.6 Å². The van der Waals surface area contributed by atoms with Crippen molar-refractivity contribution in [1.29, 1.82) is 0 Å². The third-order valence-corrected chi connectivity index (χ3v) is 4.84. The number of carbonyl (C=O) groups is 2. The van der Waals surface area contributed by atoms with Crippen molar-refractivity contribution in [2.45, 2.75) is 27.3 Å². The van der Waals surface area contributed by atoms with Crippen LogP contribution in [0.4, 0.5) is 5.69 Å². The zero-order valence-corrected chi connectivity index (χ0v) is 16.6. The Morgan fingerprint density at radius 1 is 1.11 bits per heavy atom. The van der Waals surface area contributed by atoms with Gasteiger partial charge in [-0.15, -0.1) is 0 Å². The number of esters is 1. The number of amides is 1. The van der Waals surface area contributed by atoms with Gasteiger partial charge in [-0.3, -0.25) is 14.2 Å². The number of aromatic nitrogens is 4. The zero-order chi connectivity index (χ0) is 20.4. The van der Waals surface area contributed by atoms with Gasteiger partial charge in [-0.1, -0.05) is 18.2 Å². The Hall–Kier alpha value is -3.42. The molecule has 0 spiro atoms. The van der Waals surface area contributed by atoms with E-state index in [1.54, 1.807) is 34.7 Å². The standard InChI is InChI=1S/C20H23N5O3/c1-12-18(22-19(26)17-10-21-24(4)13(17)2)14(3)25(23-12)11-15-8-6-7-9-16(15)20(27)28-5/h6-10H,11H2,1-5H3,(H,22,26). The van der Waals surface area contributed by atoms with Crippen LogP contribution in [-0.2, 0) is 18.3 Å². The molecule has 1 N–H and O–H groups in total. The average Bonchev–Trinajstić information content (AvgIpc) is 3.15. The van der Waals surface area contributed by atoms with Gasteiger partial charge in [-0.05, 0) is 32.4 Å². The second kappa shape index (κ2) is 7.67. The number of nitrogens with one attached hydrogen (secondary N) is 1. The van der Waals surface area contributed by atoms with Crippen LogP contribution in [0.25, 0.3) is 0 Å². The van der Waals surface area contributed by atoms with E-state index in [1.165, 1.54) is 7.11 Å². The Labute approximate surface area is 163 Å². The number of aryl methyl sites for hydroxylation is 2. The largest absolute Gasteiger partial charge is 0.465 e. The van der Waals surface area contributed by atoms with Crippen molar-refractivity contribution in [2.75, 3.05) is 12.4 Å². The van der Waals surface area contributed by atoms with E-state index in [4.69, 9.17) is 4.74 Å². The quantitative estimate of drug-likeness (QED) is 0.686. The van der Waals surface area contributed by atoms with Crippen LogP contribution < -0.4 is 5.32 Å². The minimum atomic E-state index is -0.391. The van der Waals surface area contributed by atoms with Crippen LogP contribution in [0.3, 0.4) is 0 Å². The van der Waals surface area contributed by atoms with Crippen molar-refractivity contribution in [3.8, 4) is 0 Å². The molecular formula is C20H23N5O3. The number of anilines is 1. The molecule has 0 aliphatic heterocycles. The summed E-state index contributed by atoms with van der Waals surface area (Å²) in [6, 6.07) is 7.24. The SMILES string of the molecule is COC(=O)c1ccccc1Cn1nc(C)c(NC(=O)c2cnn(C)c2C)c1C. The molecule has 146 valence electrons. The van der Waals surface area contributed by atoms with Crippen LogP contribution in [0.2, 0.25) is 0 Å². The van der Waals surface area contributed by atoms with Crippen molar-refractivity contribution < 1.29 is 14.3 Å². The first-order valence-corrected chi connectivity index (χ1v) is 8.83. The van der Waals surface area contributed by atoms with Crippen LogP contribution in [0.15, 0.2) is 30.5 Å². The Morgan fingerprint density at radius 3 is 2.46 bits per heavy atom. The van der Waals surface area contributed by atoms with Gasteiger partial charge in [0.1, 0.15) is 0 Å². The van der Waals surface area contributed by atoms with Crippen LogP contribution in [0.1, 0.15) is 43.4 Å². The number of rotatable bonds is 5. The lowest BCUT2D eigenvalue weighted by molar-refractivity contribution is 0.0599. The highest BCUT2D eigenvalue weighted by Gasteiger charge is 2.19. The zero-order valence-electron chi connectivity index (χ0n) is 16.6. The summed E-state index contributed by atoms with van der Waals surface area (Å²) >= 11 is 0. The lowest BCUT2D eigenvalue weighted by Gasteiger charge is -2.10. The smallest absolute Gasteiger partial charge is 0.338 e. The molecule has 2 aromatic heterocycles. The van der Waals surface area contributed by atoms with E-state index in [-0.39, 0.29) is 5.91 Å². The van der Waals surface area contributed by atoms with Crippen molar-refractivity contribution in [3.05, 3.63) is 64.2 Å². The van der Waals surface area contributed by atoms with E-state index < -0.39 is 5.97 Å². The molecular weight excluding hydrogens is 358 g/mol. The average molecular weight is 381 g/mol. The maximum Gasteiger partial charge on any atom is 0.338 e. The number of methoxy groups -OCH3 is 1. The van der Waals surface area contributed by atoms with Crippen molar-refractivity contribution in [3.63, 3.8) is 0 Å². The first-order valence-electron chi connectivity index (χ1n) is 8.83. The summed E-state index contributed by atoms with van der Waals surface area (Å²) in [5.74, 6) is -0.621. The number of carbonyl (C=O) groups excluding carboxylic acids is 2. The summed E-state index contributed by atoms with van der Waals surface area (Å²) < 4.78 is 8.28. The van der Waals surface area contributed by atoms with Crippen LogP contribution >= 0.6 is 0 Å². The van der Waals surface area contributed by atoms with Crippen LogP contribution in [0.5, 0.6) is 0 Å². The van der Waals surface area contributed by atoms with Crippen molar-refractivity contribution in [2.24, 2.45) is 7.05 Å². The van der Waals surface area contributed by atoms with Crippen LogP contribution in [0, 0.1) is 20.8 Å². The summed E-state index contributed by atoms with van der Waals surface area (Å²) in [6.07, 6.45) is 1.55. The molecule has 0 atom stereocenters. The Balaban J connectivity index is 1.88. The Morgan fingerprint density at radius 2 is 1.82 bits per heavy atom.